The van der Waals surface area contributed by atoms with Gasteiger partial charge in [0.1, 0.15) is 5.82 Å². The van der Waals surface area contributed by atoms with Crippen LogP contribution in [0.3, 0.4) is 0 Å². The standard InChI is InChI=1S/C12H16N4/c1-8-14-11-4-3-9(5-12(11)15-8)16(2)10-6-13-7-10/h3-5,10,13H,6-7H2,1-2H3,(H,14,15). The molecule has 0 unspecified atom stereocenters. The lowest BCUT2D eigenvalue weighted by atomic mass is 10.1. The minimum absolute atomic E-state index is 0.626. The number of likely N-dealkylation sites (N-methyl/N-ethyl adjacent to an activating group) is 1. The quantitative estimate of drug-likeness (QED) is 0.794. The van der Waals surface area contributed by atoms with Gasteiger partial charge in [-0.1, -0.05) is 0 Å². The first-order valence-electron chi connectivity index (χ1n) is 5.64. The number of hydrogen-bond acceptors (Lipinski definition) is 3. The van der Waals surface area contributed by atoms with E-state index < -0.39 is 0 Å². The van der Waals surface area contributed by atoms with E-state index in [0.29, 0.717) is 6.04 Å². The molecule has 16 heavy (non-hydrogen) atoms. The predicted octanol–water partition coefficient (Wildman–Crippen LogP) is 1.28. The molecule has 0 saturated carbocycles. The number of aromatic amines is 1. The molecule has 84 valence electrons. The number of fused-ring (bicyclic) bond motifs is 1. The van der Waals surface area contributed by atoms with Gasteiger partial charge in [-0.2, -0.15) is 0 Å². The van der Waals surface area contributed by atoms with Crippen LogP contribution < -0.4 is 10.2 Å². The van der Waals surface area contributed by atoms with Gasteiger partial charge in [0.05, 0.1) is 17.1 Å². The van der Waals surface area contributed by atoms with Crippen LogP contribution in [0.1, 0.15) is 5.82 Å². The molecule has 1 aromatic heterocycles. The van der Waals surface area contributed by atoms with Crippen LogP contribution in [0.2, 0.25) is 0 Å². The van der Waals surface area contributed by atoms with Crippen molar-refractivity contribution in [2.24, 2.45) is 0 Å². The Labute approximate surface area is 94.7 Å². The highest BCUT2D eigenvalue weighted by molar-refractivity contribution is 5.79. The van der Waals surface area contributed by atoms with E-state index in [4.69, 9.17) is 0 Å². The fourth-order valence-electron chi connectivity index (χ4n) is 2.10. The van der Waals surface area contributed by atoms with Crippen molar-refractivity contribution in [3.63, 3.8) is 0 Å². The topological polar surface area (TPSA) is 44.0 Å². The summed E-state index contributed by atoms with van der Waals surface area (Å²) >= 11 is 0. The highest BCUT2D eigenvalue weighted by atomic mass is 15.2. The Kier molecular flexibility index (Phi) is 2.11. The summed E-state index contributed by atoms with van der Waals surface area (Å²) in [5, 5.41) is 3.29. The van der Waals surface area contributed by atoms with E-state index in [1.54, 1.807) is 0 Å². The number of imidazole rings is 1. The molecule has 0 radical (unpaired) electrons. The number of nitrogens with zero attached hydrogens (tertiary/aromatic N) is 2. The Hall–Kier alpha value is -1.55. The summed E-state index contributed by atoms with van der Waals surface area (Å²) in [6.45, 7) is 4.15. The molecule has 3 rings (SSSR count). The molecule has 2 N–H and O–H groups in total. The summed E-state index contributed by atoms with van der Waals surface area (Å²) < 4.78 is 0. The van der Waals surface area contributed by atoms with Crippen molar-refractivity contribution in [2.75, 3.05) is 25.0 Å². The molecule has 1 aliphatic rings. The first-order chi connectivity index (χ1) is 7.74. The number of benzene rings is 1. The molecule has 0 spiro atoms. The zero-order valence-corrected chi connectivity index (χ0v) is 9.62. The highest BCUT2D eigenvalue weighted by Gasteiger charge is 2.21. The number of anilines is 1. The molecule has 0 atom stereocenters. The van der Waals surface area contributed by atoms with Gasteiger partial charge in [0.25, 0.3) is 0 Å². The molecule has 1 fully saturated rings. The van der Waals surface area contributed by atoms with E-state index in [1.807, 2.05) is 6.92 Å². The number of aryl methyl sites for hydroxylation is 1. The maximum absolute atomic E-state index is 4.41. The largest absolute Gasteiger partial charge is 0.369 e. The molecule has 1 aliphatic heterocycles. The van der Waals surface area contributed by atoms with Crippen LogP contribution in [-0.4, -0.2) is 36.1 Å². The molecule has 0 bridgehead atoms. The van der Waals surface area contributed by atoms with Crippen molar-refractivity contribution < 1.29 is 0 Å². The zero-order valence-electron chi connectivity index (χ0n) is 9.62. The van der Waals surface area contributed by atoms with E-state index in [1.165, 1.54) is 5.69 Å². The third-order valence-corrected chi connectivity index (χ3v) is 3.30. The van der Waals surface area contributed by atoms with Gasteiger partial charge in [-0.05, 0) is 25.1 Å². The van der Waals surface area contributed by atoms with Gasteiger partial charge in [0.15, 0.2) is 0 Å². The number of nitrogens with one attached hydrogen (secondary N) is 2. The lowest BCUT2D eigenvalue weighted by molar-refractivity contribution is 0.429. The molecule has 0 amide bonds. The average molecular weight is 216 g/mol. The fourth-order valence-corrected chi connectivity index (χ4v) is 2.10. The van der Waals surface area contributed by atoms with Crippen molar-refractivity contribution in [3.05, 3.63) is 24.0 Å². The van der Waals surface area contributed by atoms with E-state index >= 15 is 0 Å². The summed E-state index contributed by atoms with van der Waals surface area (Å²) in [4.78, 5) is 10.0. The fraction of sp³-hybridized carbons (Fsp3) is 0.417. The van der Waals surface area contributed by atoms with Gasteiger partial charge in [-0.25, -0.2) is 4.98 Å². The van der Waals surface area contributed by atoms with E-state index in [0.717, 1.165) is 29.9 Å². The summed E-state index contributed by atoms with van der Waals surface area (Å²) in [6, 6.07) is 7.02. The molecule has 1 aromatic carbocycles. The predicted molar refractivity (Wildman–Crippen MR) is 65.9 cm³/mol. The summed E-state index contributed by atoms with van der Waals surface area (Å²) in [6.07, 6.45) is 0. The highest BCUT2D eigenvalue weighted by Crippen LogP contribution is 2.22. The number of aromatic nitrogens is 2. The van der Waals surface area contributed by atoms with E-state index in [-0.39, 0.29) is 0 Å². The minimum atomic E-state index is 0.626. The number of hydrogen-bond donors (Lipinski definition) is 2. The monoisotopic (exact) mass is 216 g/mol. The van der Waals surface area contributed by atoms with Crippen molar-refractivity contribution >= 4 is 16.7 Å². The lowest BCUT2D eigenvalue weighted by Crippen LogP contribution is -2.56. The molecule has 2 aromatic rings. The maximum atomic E-state index is 4.41. The van der Waals surface area contributed by atoms with Crippen molar-refractivity contribution in [2.45, 2.75) is 13.0 Å². The van der Waals surface area contributed by atoms with Crippen LogP contribution in [0.5, 0.6) is 0 Å². The summed E-state index contributed by atoms with van der Waals surface area (Å²) in [7, 11) is 2.15. The SMILES string of the molecule is Cc1nc2ccc(N(C)C3CNC3)cc2[nH]1. The normalized spacial score (nSPS) is 16.4. The van der Waals surface area contributed by atoms with Crippen molar-refractivity contribution in [1.82, 2.24) is 15.3 Å². The van der Waals surface area contributed by atoms with Gasteiger partial charge in [-0.3, -0.25) is 0 Å². The third-order valence-electron chi connectivity index (χ3n) is 3.30. The van der Waals surface area contributed by atoms with Gasteiger partial charge >= 0.3 is 0 Å². The Bertz CT molecular complexity index is 513. The molecule has 2 heterocycles. The maximum Gasteiger partial charge on any atom is 0.104 e. The van der Waals surface area contributed by atoms with E-state index in [2.05, 4.69) is 45.4 Å². The molecular formula is C12H16N4. The summed E-state index contributed by atoms with van der Waals surface area (Å²) in [5.74, 6) is 0.972. The summed E-state index contributed by atoms with van der Waals surface area (Å²) in [5.41, 5.74) is 3.41. The van der Waals surface area contributed by atoms with Gasteiger partial charge in [0, 0.05) is 25.8 Å². The lowest BCUT2D eigenvalue weighted by Gasteiger charge is -2.37. The second kappa shape index (κ2) is 3.49. The molecule has 4 heteroatoms. The second-order valence-electron chi connectivity index (χ2n) is 4.45. The van der Waals surface area contributed by atoms with Gasteiger partial charge in [0.2, 0.25) is 0 Å². The van der Waals surface area contributed by atoms with Gasteiger partial charge in [-0.15, -0.1) is 0 Å². The first-order valence-corrected chi connectivity index (χ1v) is 5.64. The van der Waals surface area contributed by atoms with Crippen LogP contribution in [0.25, 0.3) is 11.0 Å². The van der Waals surface area contributed by atoms with Crippen LogP contribution in [0.4, 0.5) is 5.69 Å². The Balaban J connectivity index is 1.97. The molecule has 1 saturated heterocycles. The Morgan fingerprint density at radius 3 is 2.88 bits per heavy atom. The van der Waals surface area contributed by atoms with Crippen LogP contribution in [0, 0.1) is 6.92 Å². The van der Waals surface area contributed by atoms with Crippen molar-refractivity contribution in [3.8, 4) is 0 Å². The molecule has 0 aliphatic carbocycles. The van der Waals surface area contributed by atoms with Crippen molar-refractivity contribution in [1.29, 1.82) is 0 Å². The first kappa shape index (κ1) is 9.66. The minimum Gasteiger partial charge on any atom is -0.369 e. The average Bonchev–Trinajstić information content (AvgIpc) is 2.53. The van der Waals surface area contributed by atoms with Gasteiger partial charge < -0.3 is 15.2 Å². The third kappa shape index (κ3) is 1.46. The molecular weight excluding hydrogens is 200 g/mol. The molecule has 4 nitrogen and oxygen atoms in total. The smallest absolute Gasteiger partial charge is 0.104 e. The zero-order chi connectivity index (χ0) is 11.1. The Morgan fingerprint density at radius 2 is 2.19 bits per heavy atom. The van der Waals surface area contributed by atoms with Crippen LogP contribution in [0.15, 0.2) is 18.2 Å². The Morgan fingerprint density at radius 1 is 1.38 bits per heavy atom. The van der Waals surface area contributed by atoms with Crippen LogP contribution >= 0.6 is 0 Å². The number of rotatable bonds is 2. The van der Waals surface area contributed by atoms with Crippen LogP contribution in [-0.2, 0) is 0 Å². The second-order valence-corrected chi connectivity index (χ2v) is 4.45. The van der Waals surface area contributed by atoms with E-state index in [9.17, 15) is 0 Å². The number of H-pyrrole nitrogens is 1.